The maximum absolute atomic E-state index is 5.63. The van der Waals surface area contributed by atoms with Gasteiger partial charge >= 0.3 is 0 Å². The second-order valence-corrected chi connectivity index (χ2v) is 6.23. The van der Waals surface area contributed by atoms with Crippen LogP contribution >= 0.6 is 0 Å². The third-order valence-electron chi connectivity index (χ3n) is 4.10. The van der Waals surface area contributed by atoms with Crippen molar-refractivity contribution in [1.29, 1.82) is 0 Å². The smallest absolute Gasteiger partial charge is 0.216 e. The molecule has 1 N–H and O–H groups in total. The monoisotopic (exact) mass is 331 g/mol. The Morgan fingerprint density at radius 1 is 1.21 bits per heavy atom. The van der Waals surface area contributed by atoms with Gasteiger partial charge in [-0.25, -0.2) is 4.68 Å². The largest absolute Gasteiger partial charge is 0.486 e. The molecule has 0 fully saturated rings. The van der Waals surface area contributed by atoms with E-state index in [4.69, 9.17) is 14.2 Å². The summed E-state index contributed by atoms with van der Waals surface area (Å²) in [4.78, 5) is 0. The zero-order valence-electron chi connectivity index (χ0n) is 14.8. The van der Waals surface area contributed by atoms with Crippen molar-refractivity contribution in [2.24, 2.45) is 7.05 Å². The van der Waals surface area contributed by atoms with Crippen molar-refractivity contribution >= 4 is 0 Å². The van der Waals surface area contributed by atoms with Gasteiger partial charge in [0, 0.05) is 20.1 Å². The summed E-state index contributed by atoms with van der Waals surface area (Å²) in [5.74, 6) is 2.81. The van der Waals surface area contributed by atoms with Crippen LogP contribution in [0.1, 0.15) is 36.6 Å². The van der Waals surface area contributed by atoms with Crippen molar-refractivity contribution in [2.75, 3.05) is 20.3 Å². The molecule has 1 aliphatic heterocycles. The Hall–Kier alpha value is -2.21. The fourth-order valence-corrected chi connectivity index (χ4v) is 2.99. The Bertz CT molecular complexity index is 710. The quantitative estimate of drug-likeness (QED) is 0.882. The lowest BCUT2D eigenvalue weighted by molar-refractivity contribution is 0.171. The summed E-state index contributed by atoms with van der Waals surface area (Å²) in [7, 11) is 3.60. The summed E-state index contributed by atoms with van der Waals surface area (Å²) in [6, 6.07) is 6.06. The van der Waals surface area contributed by atoms with Gasteiger partial charge in [0.25, 0.3) is 0 Å². The van der Waals surface area contributed by atoms with Crippen LogP contribution in [0, 0.1) is 0 Å². The van der Waals surface area contributed by atoms with Gasteiger partial charge in [-0.05, 0) is 23.6 Å². The molecule has 0 saturated heterocycles. The first-order valence-electron chi connectivity index (χ1n) is 8.29. The minimum atomic E-state index is 0.353. The lowest BCUT2D eigenvalue weighted by Crippen LogP contribution is -2.17. The van der Waals surface area contributed by atoms with Gasteiger partial charge in [-0.2, -0.15) is 5.10 Å². The Morgan fingerprint density at radius 2 is 1.96 bits per heavy atom. The second kappa shape index (κ2) is 7.13. The molecule has 2 heterocycles. The number of rotatable bonds is 6. The molecule has 24 heavy (non-hydrogen) atoms. The topological polar surface area (TPSA) is 57.5 Å². The molecular formula is C18H25N3O3. The number of nitrogens with zero attached hydrogens (tertiary/aromatic N) is 2. The molecule has 0 unspecified atom stereocenters. The fraction of sp³-hybridized carbons (Fsp3) is 0.500. The lowest BCUT2D eigenvalue weighted by Gasteiger charge is -2.19. The highest BCUT2D eigenvalue weighted by atomic mass is 16.6. The highest BCUT2D eigenvalue weighted by molar-refractivity contribution is 5.43. The van der Waals surface area contributed by atoms with Crippen molar-refractivity contribution in [2.45, 2.75) is 32.9 Å². The zero-order valence-corrected chi connectivity index (χ0v) is 14.8. The van der Waals surface area contributed by atoms with E-state index in [1.165, 1.54) is 0 Å². The molecule has 0 saturated carbocycles. The molecule has 1 aromatic carbocycles. The summed E-state index contributed by atoms with van der Waals surface area (Å²) in [6.45, 7) is 6.96. The highest BCUT2D eigenvalue weighted by Crippen LogP contribution is 2.31. The number of methoxy groups -OCH3 is 1. The number of fused-ring (bicyclic) bond motifs is 1. The third kappa shape index (κ3) is 3.33. The van der Waals surface area contributed by atoms with Crippen LogP contribution in [0.3, 0.4) is 0 Å². The molecular weight excluding hydrogens is 306 g/mol. The first kappa shape index (κ1) is 16.6. The molecule has 0 spiro atoms. The number of hydrogen-bond acceptors (Lipinski definition) is 5. The Kier molecular flexibility index (Phi) is 4.94. The number of ether oxygens (including phenoxy) is 3. The summed E-state index contributed by atoms with van der Waals surface area (Å²) in [6.07, 6.45) is 0. The summed E-state index contributed by atoms with van der Waals surface area (Å²) >= 11 is 0. The van der Waals surface area contributed by atoms with Gasteiger partial charge in [0.15, 0.2) is 11.5 Å². The van der Waals surface area contributed by atoms with Crippen molar-refractivity contribution in [3.8, 4) is 17.4 Å². The van der Waals surface area contributed by atoms with E-state index in [-0.39, 0.29) is 0 Å². The standard InChI is InChI=1S/C18H25N3O3/c1-12(2)17-14(18(22-4)21(3)20-17)11-19-10-13-5-6-15-16(9-13)24-8-7-23-15/h5-6,9,12,19H,7-8,10-11H2,1-4H3. The fourth-order valence-electron chi connectivity index (χ4n) is 2.99. The Balaban J connectivity index is 1.68. The van der Waals surface area contributed by atoms with Crippen LogP contribution in [0.2, 0.25) is 0 Å². The van der Waals surface area contributed by atoms with E-state index >= 15 is 0 Å². The molecule has 0 bridgehead atoms. The molecule has 6 heteroatoms. The van der Waals surface area contributed by atoms with Gasteiger partial charge in [-0.3, -0.25) is 0 Å². The summed E-state index contributed by atoms with van der Waals surface area (Å²) < 4.78 is 18.5. The Labute approximate surface area is 142 Å². The first-order chi connectivity index (χ1) is 11.6. The van der Waals surface area contributed by atoms with Crippen LogP contribution in [0.25, 0.3) is 0 Å². The number of benzene rings is 1. The average molecular weight is 331 g/mol. The van der Waals surface area contributed by atoms with E-state index in [0.717, 1.165) is 40.7 Å². The van der Waals surface area contributed by atoms with E-state index in [9.17, 15) is 0 Å². The summed E-state index contributed by atoms with van der Waals surface area (Å²) in [5, 5.41) is 8.06. The molecule has 3 rings (SSSR count). The number of aryl methyl sites for hydroxylation is 1. The van der Waals surface area contributed by atoms with Crippen molar-refractivity contribution in [3.05, 3.63) is 35.0 Å². The zero-order chi connectivity index (χ0) is 17.1. The predicted octanol–water partition coefficient (Wildman–Crippen LogP) is 2.61. The highest BCUT2D eigenvalue weighted by Gasteiger charge is 2.19. The second-order valence-electron chi connectivity index (χ2n) is 6.23. The normalized spacial score (nSPS) is 13.4. The van der Waals surface area contributed by atoms with Crippen LogP contribution in [0.5, 0.6) is 17.4 Å². The van der Waals surface area contributed by atoms with Gasteiger partial charge in [-0.15, -0.1) is 0 Å². The lowest BCUT2D eigenvalue weighted by atomic mass is 10.1. The van der Waals surface area contributed by atoms with Gasteiger partial charge in [0.05, 0.1) is 18.4 Å². The van der Waals surface area contributed by atoms with E-state index < -0.39 is 0 Å². The van der Waals surface area contributed by atoms with E-state index in [1.807, 2.05) is 19.2 Å². The first-order valence-corrected chi connectivity index (χ1v) is 8.29. The Morgan fingerprint density at radius 3 is 2.67 bits per heavy atom. The van der Waals surface area contributed by atoms with Gasteiger partial charge in [-0.1, -0.05) is 19.9 Å². The SMILES string of the molecule is COc1c(CNCc2ccc3c(c2)OCCO3)c(C(C)C)nn1C. The van der Waals surface area contributed by atoms with Gasteiger partial charge < -0.3 is 19.5 Å². The maximum atomic E-state index is 5.63. The van der Waals surface area contributed by atoms with Crippen LogP contribution in [0.15, 0.2) is 18.2 Å². The third-order valence-corrected chi connectivity index (χ3v) is 4.10. The van der Waals surface area contributed by atoms with E-state index in [2.05, 4.69) is 30.3 Å². The van der Waals surface area contributed by atoms with Crippen LogP contribution < -0.4 is 19.5 Å². The van der Waals surface area contributed by atoms with Crippen LogP contribution in [0.4, 0.5) is 0 Å². The van der Waals surface area contributed by atoms with Crippen LogP contribution in [-0.2, 0) is 20.1 Å². The van der Waals surface area contributed by atoms with E-state index in [0.29, 0.717) is 25.7 Å². The predicted molar refractivity (Wildman–Crippen MR) is 91.8 cm³/mol. The number of aromatic nitrogens is 2. The van der Waals surface area contributed by atoms with Crippen LogP contribution in [-0.4, -0.2) is 30.1 Å². The molecule has 0 aliphatic carbocycles. The minimum Gasteiger partial charge on any atom is -0.486 e. The van der Waals surface area contributed by atoms with Crippen molar-refractivity contribution < 1.29 is 14.2 Å². The van der Waals surface area contributed by atoms with E-state index in [1.54, 1.807) is 11.8 Å². The molecule has 130 valence electrons. The molecule has 2 aromatic rings. The minimum absolute atomic E-state index is 0.353. The van der Waals surface area contributed by atoms with Gasteiger partial charge in [0.1, 0.15) is 13.2 Å². The molecule has 0 atom stereocenters. The van der Waals surface area contributed by atoms with Gasteiger partial charge in [0.2, 0.25) is 5.88 Å². The molecule has 1 aromatic heterocycles. The molecule has 1 aliphatic rings. The maximum Gasteiger partial charge on any atom is 0.216 e. The summed E-state index contributed by atoms with van der Waals surface area (Å²) in [5.41, 5.74) is 3.35. The molecule has 6 nitrogen and oxygen atoms in total. The average Bonchev–Trinajstić information content (AvgIpc) is 2.90. The molecule has 0 radical (unpaired) electrons. The van der Waals surface area contributed by atoms with Crippen molar-refractivity contribution in [1.82, 2.24) is 15.1 Å². The number of nitrogens with one attached hydrogen (secondary N) is 1. The number of hydrogen-bond donors (Lipinski definition) is 1. The van der Waals surface area contributed by atoms with Crippen molar-refractivity contribution in [3.63, 3.8) is 0 Å². The molecule has 0 amide bonds.